The maximum atomic E-state index is 12.2. The van der Waals surface area contributed by atoms with E-state index >= 15 is 0 Å². The van der Waals surface area contributed by atoms with Gasteiger partial charge in [0.25, 0.3) is 0 Å². The third-order valence-corrected chi connectivity index (χ3v) is 3.94. The van der Waals surface area contributed by atoms with E-state index in [1.54, 1.807) is 31.3 Å². The van der Waals surface area contributed by atoms with Crippen LogP contribution < -0.4 is 21.1 Å². The highest BCUT2D eigenvalue weighted by Gasteiger charge is 2.36. The van der Waals surface area contributed by atoms with E-state index in [1.807, 2.05) is 0 Å². The Morgan fingerprint density at radius 3 is 2.45 bits per heavy atom. The molecular formula is C16H23N3O3. The van der Waals surface area contributed by atoms with Crippen LogP contribution in [0.2, 0.25) is 0 Å². The third kappa shape index (κ3) is 4.21. The number of hydrogen-bond acceptors (Lipinski definition) is 4. The second-order valence-corrected chi connectivity index (χ2v) is 5.61. The van der Waals surface area contributed by atoms with Gasteiger partial charge in [-0.1, -0.05) is 12.8 Å². The van der Waals surface area contributed by atoms with Crippen LogP contribution in [0, 0.1) is 0 Å². The summed E-state index contributed by atoms with van der Waals surface area (Å²) < 4.78 is 5.46. The molecule has 6 heteroatoms. The molecule has 0 heterocycles. The Balaban J connectivity index is 1.84. The van der Waals surface area contributed by atoms with Gasteiger partial charge in [-0.2, -0.15) is 0 Å². The first kappa shape index (κ1) is 16.3. The van der Waals surface area contributed by atoms with Crippen LogP contribution in [0.15, 0.2) is 24.3 Å². The van der Waals surface area contributed by atoms with Gasteiger partial charge < -0.3 is 21.1 Å². The monoisotopic (exact) mass is 305 g/mol. The molecule has 0 spiro atoms. The number of hydrogen-bond donors (Lipinski definition) is 3. The first-order chi connectivity index (χ1) is 10.5. The van der Waals surface area contributed by atoms with Gasteiger partial charge in [-0.25, -0.2) is 0 Å². The Bertz CT molecular complexity index is 522. The quantitative estimate of drug-likeness (QED) is 0.741. The Morgan fingerprint density at radius 2 is 1.86 bits per heavy atom. The molecule has 120 valence electrons. The fourth-order valence-electron chi connectivity index (χ4n) is 2.51. The van der Waals surface area contributed by atoms with Crippen molar-refractivity contribution in [1.82, 2.24) is 5.32 Å². The van der Waals surface area contributed by atoms with E-state index in [4.69, 9.17) is 10.5 Å². The molecule has 0 aliphatic heterocycles. The summed E-state index contributed by atoms with van der Waals surface area (Å²) in [5, 5.41) is 5.39. The first-order valence-corrected chi connectivity index (χ1v) is 7.57. The molecule has 1 aromatic carbocycles. The molecule has 0 bridgehead atoms. The van der Waals surface area contributed by atoms with E-state index in [-0.39, 0.29) is 11.8 Å². The molecule has 1 aromatic rings. The summed E-state index contributed by atoms with van der Waals surface area (Å²) in [5.74, 6) is 0.470. The van der Waals surface area contributed by atoms with Gasteiger partial charge in [0.1, 0.15) is 5.75 Å². The van der Waals surface area contributed by atoms with Crippen LogP contribution in [0.4, 0.5) is 5.69 Å². The minimum absolute atomic E-state index is 0.0614. The number of nitrogens with one attached hydrogen (secondary N) is 2. The average molecular weight is 305 g/mol. The van der Waals surface area contributed by atoms with Crippen molar-refractivity contribution in [2.45, 2.75) is 37.6 Å². The van der Waals surface area contributed by atoms with Crippen LogP contribution in [0.5, 0.6) is 5.75 Å². The van der Waals surface area contributed by atoms with E-state index in [1.165, 1.54) is 0 Å². The summed E-state index contributed by atoms with van der Waals surface area (Å²) in [7, 11) is 1.59. The summed E-state index contributed by atoms with van der Waals surface area (Å²) >= 11 is 0. The molecule has 1 fully saturated rings. The largest absolute Gasteiger partial charge is 0.493 e. The molecule has 1 aliphatic carbocycles. The van der Waals surface area contributed by atoms with Gasteiger partial charge in [-0.05, 0) is 37.1 Å². The zero-order chi connectivity index (χ0) is 16.0. The van der Waals surface area contributed by atoms with Crippen molar-refractivity contribution in [1.29, 1.82) is 0 Å². The lowest BCUT2D eigenvalue weighted by Crippen LogP contribution is -2.48. The van der Waals surface area contributed by atoms with E-state index < -0.39 is 5.54 Å². The number of rotatable bonds is 6. The maximum Gasteiger partial charge on any atom is 0.244 e. The Morgan fingerprint density at radius 1 is 1.23 bits per heavy atom. The van der Waals surface area contributed by atoms with Gasteiger partial charge in [0, 0.05) is 12.7 Å². The predicted octanol–water partition coefficient (Wildman–Crippen LogP) is 1.41. The number of carbonyl (C=O) groups is 2. The number of amides is 2. The molecule has 1 saturated carbocycles. The fourth-order valence-corrected chi connectivity index (χ4v) is 2.51. The van der Waals surface area contributed by atoms with Crippen LogP contribution in [-0.2, 0) is 9.59 Å². The molecule has 4 N–H and O–H groups in total. The molecule has 0 unspecified atom stereocenters. The predicted molar refractivity (Wildman–Crippen MR) is 84.6 cm³/mol. The standard InChI is InChI=1S/C16H23N3O3/c1-18-14(20)8-11-22-13-6-4-12(5-7-13)19-15(21)16(17)9-2-3-10-16/h4-7H,2-3,8-11,17H2,1H3,(H,18,20)(H,19,21). The van der Waals surface area contributed by atoms with E-state index in [2.05, 4.69) is 10.6 Å². The van der Waals surface area contributed by atoms with Crippen molar-refractivity contribution in [3.05, 3.63) is 24.3 Å². The second-order valence-electron chi connectivity index (χ2n) is 5.61. The number of carbonyl (C=O) groups excluding carboxylic acids is 2. The molecule has 0 radical (unpaired) electrons. The van der Waals surface area contributed by atoms with Crippen LogP contribution in [0.25, 0.3) is 0 Å². The Kier molecular flexibility index (Phi) is 5.38. The van der Waals surface area contributed by atoms with Crippen molar-refractivity contribution in [3.63, 3.8) is 0 Å². The minimum atomic E-state index is -0.733. The SMILES string of the molecule is CNC(=O)CCOc1ccc(NC(=O)C2(N)CCCC2)cc1. The summed E-state index contributed by atoms with van der Waals surface area (Å²) in [5.41, 5.74) is 6.07. The van der Waals surface area contributed by atoms with Crippen molar-refractivity contribution < 1.29 is 14.3 Å². The number of anilines is 1. The highest BCUT2D eigenvalue weighted by atomic mass is 16.5. The van der Waals surface area contributed by atoms with Gasteiger partial charge >= 0.3 is 0 Å². The van der Waals surface area contributed by atoms with Gasteiger partial charge in [-0.15, -0.1) is 0 Å². The minimum Gasteiger partial charge on any atom is -0.493 e. The second kappa shape index (κ2) is 7.26. The van der Waals surface area contributed by atoms with E-state index in [0.29, 0.717) is 24.5 Å². The average Bonchev–Trinajstić information content (AvgIpc) is 2.97. The Hall–Kier alpha value is -2.08. The molecule has 2 amide bonds. The van der Waals surface area contributed by atoms with Crippen LogP contribution in [-0.4, -0.2) is 31.0 Å². The summed E-state index contributed by atoms with van der Waals surface area (Å²) in [4.78, 5) is 23.3. The molecule has 0 atom stereocenters. The third-order valence-electron chi connectivity index (χ3n) is 3.94. The first-order valence-electron chi connectivity index (χ1n) is 7.57. The van der Waals surface area contributed by atoms with Gasteiger partial charge in [-0.3, -0.25) is 9.59 Å². The van der Waals surface area contributed by atoms with Gasteiger partial charge in [0.15, 0.2) is 0 Å². The highest BCUT2D eigenvalue weighted by molar-refractivity contribution is 5.98. The van der Waals surface area contributed by atoms with E-state index in [0.717, 1.165) is 25.7 Å². The van der Waals surface area contributed by atoms with E-state index in [9.17, 15) is 9.59 Å². The molecule has 0 aromatic heterocycles. The van der Waals surface area contributed by atoms with Crippen molar-refractivity contribution in [2.24, 2.45) is 5.73 Å². The number of benzene rings is 1. The van der Waals surface area contributed by atoms with Crippen molar-refractivity contribution >= 4 is 17.5 Å². The summed E-state index contributed by atoms with van der Waals surface area (Å²) in [6, 6.07) is 7.06. The zero-order valence-corrected chi connectivity index (χ0v) is 12.9. The van der Waals surface area contributed by atoms with Crippen LogP contribution in [0.3, 0.4) is 0 Å². The lowest BCUT2D eigenvalue weighted by atomic mass is 9.98. The molecule has 2 rings (SSSR count). The van der Waals surface area contributed by atoms with Gasteiger partial charge in [0.2, 0.25) is 11.8 Å². The fraction of sp³-hybridized carbons (Fsp3) is 0.500. The normalized spacial score (nSPS) is 16.1. The zero-order valence-electron chi connectivity index (χ0n) is 12.9. The summed E-state index contributed by atoms with van der Waals surface area (Å²) in [6.45, 7) is 0.317. The Labute approximate surface area is 130 Å². The number of ether oxygens (including phenoxy) is 1. The molecule has 22 heavy (non-hydrogen) atoms. The number of nitrogens with two attached hydrogens (primary N) is 1. The van der Waals surface area contributed by atoms with Crippen LogP contribution in [0.1, 0.15) is 32.1 Å². The van der Waals surface area contributed by atoms with Crippen molar-refractivity contribution in [3.8, 4) is 5.75 Å². The topological polar surface area (TPSA) is 93.5 Å². The lowest BCUT2D eigenvalue weighted by Gasteiger charge is -2.22. The maximum absolute atomic E-state index is 12.2. The lowest BCUT2D eigenvalue weighted by molar-refractivity contribution is -0.121. The smallest absolute Gasteiger partial charge is 0.244 e. The van der Waals surface area contributed by atoms with Crippen LogP contribution >= 0.6 is 0 Å². The molecule has 0 saturated heterocycles. The molecular weight excluding hydrogens is 282 g/mol. The molecule has 1 aliphatic rings. The summed E-state index contributed by atoms with van der Waals surface area (Å²) in [6.07, 6.45) is 3.79. The van der Waals surface area contributed by atoms with Gasteiger partial charge in [0.05, 0.1) is 18.6 Å². The molecule has 6 nitrogen and oxygen atoms in total. The van der Waals surface area contributed by atoms with Crippen molar-refractivity contribution in [2.75, 3.05) is 19.0 Å². The highest BCUT2D eigenvalue weighted by Crippen LogP contribution is 2.28.